The first-order valence-electron chi connectivity index (χ1n) is 5.72. The summed E-state index contributed by atoms with van der Waals surface area (Å²) in [6, 6.07) is 0.283. The van der Waals surface area contributed by atoms with Crippen molar-refractivity contribution in [3.63, 3.8) is 0 Å². The molecule has 0 spiro atoms. The van der Waals surface area contributed by atoms with E-state index >= 15 is 0 Å². The molecule has 1 amide bonds. The number of terminal acetylenes is 1. The second-order valence-electron chi connectivity index (χ2n) is 4.03. The van der Waals surface area contributed by atoms with Crippen molar-refractivity contribution in [3.05, 3.63) is 0 Å². The van der Waals surface area contributed by atoms with E-state index in [1.165, 1.54) is 0 Å². The van der Waals surface area contributed by atoms with Gasteiger partial charge in [-0.3, -0.25) is 4.79 Å². The minimum Gasteiger partial charge on any atom is -0.338 e. The summed E-state index contributed by atoms with van der Waals surface area (Å²) in [5.41, 5.74) is 5.62. The van der Waals surface area contributed by atoms with Gasteiger partial charge in [0.05, 0.1) is 0 Å². The summed E-state index contributed by atoms with van der Waals surface area (Å²) < 4.78 is 0. The Balaban J connectivity index is 2.24. The van der Waals surface area contributed by atoms with Crippen molar-refractivity contribution in [1.82, 2.24) is 4.90 Å². The molecule has 0 aromatic rings. The fourth-order valence-corrected chi connectivity index (χ4v) is 2.06. The lowest BCUT2D eigenvalue weighted by atomic mass is 10.1. The van der Waals surface area contributed by atoms with Gasteiger partial charge in [0.2, 0.25) is 5.91 Å². The maximum Gasteiger partial charge on any atom is 0.222 e. The number of hydrogen-bond acceptors (Lipinski definition) is 2. The van der Waals surface area contributed by atoms with Crippen LogP contribution < -0.4 is 5.73 Å². The van der Waals surface area contributed by atoms with Crippen molar-refractivity contribution in [2.45, 2.75) is 44.6 Å². The lowest BCUT2D eigenvalue weighted by Gasteiger charge is -2.23. The molecule has 3 nitrogen and oxygen atoms in total. The number of hydrogen-bond donors (Lipinski definition) is 1. The molecule has 1 saturated heterocycles. The van der Waals surface area contributed by atoms with Crippen LogP contribution in [0, 0.1) is 12.3 Å². The Morgan fingerprint density at radius 1 is 1.53 bits per heavy atom. The van der Waals surface area contributed by atoms with Crippen LogP contribution in [0.3, 0.4) is 0 Å². The molecule has 0 saturated carbocycles. The van der Waals surface area contributed by atoms with E-state index in [1.54, 1.807) is 0 Å². The highest BCUT2D eigenvalue weighted by atomic mass is 16.2. The third-order valence-electron chi connectivity index (χ3n) is 2.93. The summed E-state index contributed by atoms with van der Waals surface area (Å²) in [6.07, 6.45) is 10.5. The summed E-state index contributed by atoms with van der Waals surface area (Å²) in [5.74, 6) is 2.84. The molecular weight excluding hydrogens is 188 g/mol. The maximum absolute atomic E-state index is 11.8. The maximum atomic E-state index is 11.8. The monoisotopic (exact) mass is 208 g/mol. The van der Waals surface area contributed by atoms with Gasteiger partial charge >= 0.3 is 0 Å². The predicted molar refractivity (Wildman–Crippen MR) is 61.1 cm³/mol. The van der Waals surface area contributed by atoms with Crippen LogP contribution in [0.1, 0.15) is 38.5 Å². The van der Waals surface area contributed by atoms with E-state index < -0.39 is 0 Å². The van der Waals surface area contributed by atoms with E-state index in [-0.39, 0.29) is 11.9 Å². The van der Waals surface area contributed by atoms with Crippen molar-refractivity contribution in [2.75, 3.05) is 13.1 Å². The topological polar surface area (TPSA) is 46.3 Å². The highest BCUT2D eigenvalue weighted by molar-refractivity contribution is 5.76. The molecule has 1 aliphatic heterocycles. The molecule has 15 heavy (non-hydrogen) atoms. The van der Waals surface area contributed by atoms with Crippen molar-refractivity contribution >= 4 is 5.91 Å². The average Bonchev–Trinajstić information content (AvgIpc) is 2.72. The van der Waals surface area contributed by atoms with E-state index in [2.05, 4.69) is 5.92 Å². The molecule has 0 radical (unpaired) electrons. The summed E-state index contributed by atoms with van der Waals surface area (Å²) in [7, 11) is 0. The molecular formula is C12H20N2O. The Morgan fingerprint density at radius 3 is 3.00 bits per heavy atom. The van der Waals surface area contributed by atoms with Gasteiger partial charge < -0.3 is 10.6 Å². The van der Waals surface area contributed by atoms with Gasteiger partial charge in [0.1, 0.15) is 0 Å². The smallest absolute Gasteiger partial charge is 0.222 e. The van der Waals surface area contributed by atoms with Crippen molar-refractivity contribution in [2.24, 2.45) is 5.73 Å². The Morgan fingerprint density at radius 2 is 2.33 bits per heavy atom. The molecule has 1 atom stereocenters. The number of likely N-dealkylation sites (tertiary alicyclic amines) is 1. The molecule has 1 fully saturated rings. The fourth-order valence-electron chi connectivity index (χ4n) is 2.06. The number of carbonyl (C=O) groups excluding carboxylic acids is 1. The van der Waals surface area contributed by atoms with Crippen LogP contribution in [-0.2, 0) is 4.79 Å². The molecule has 1 aliphatic rings. The molecule has 1 heterocycles. The van der Waals surface area contributed by atoms with Crippen LogP contribution in [0.15, 0.2) is 0 Å². The van der Waals surface area contributed by atoms with Gasteiger partial charge in [-0.15, -0.1) is 12.3 Å². The molecule has 1 unspecified atom stereocenters. The Hall–Kier alpha value is -1.01. The van der Waals surface area contributed by atoms with E-state index in [4.69, 9.17) is 12.2 Å². The zero-order valence-corrected chi connectivity index (χ0v) is 9.24. The quantitative estimate of drug-likeness (QED) is 0.544. The minimum absolute atomic E-state index is 0.250. The number of rotatable bonds is 5. The van der Waals surface area contributed by atoms with Crippen LogP contribution in [0.5, 0.6) is 0 Å². The largest absolute Gasteiger partial charge is 0.338 e. The number of unbranched alkanes of at least 4 members (excludes halogenated alkanes) is 2. The molecule has 0 bridgehead atoms. The van der Waals surface area contributed by atoms with Crippen molar-refractivity contribution < 1.29 is 4.79 Å². The predicted octanol–water partition coefficient (Wildman–Crippen LogP) is 1.13. The van der Waals surface area contributed by atoms with Gasteiger partial charge in [0, 0.05) is 32.0 Å². The van der Waals surface area contributed by atoms with Crippen molar-refractivity contribution in [3.8, 4) is 12.3 Å². The molecule has 0 aromatic heterocycles. The third-order valence-corrected chi connectivity index (χ3v) is 2.93. The lowest BCUT2D eigenvalue weighted by molar-refractivity contribution is -0.131. The van der Waals surface area contributed by atoms with Crippen molar-refractivity contribution in [1.29, 1.82) is 0 Å². The minimum atomic E-state index is 0.250. The van der Waals surface area contributed by atoms with Crippen LogP contribution in [0.4, 0.5) is 0 Å². The second kappa shape index (κ2) is 6.47. The standard InChI is InChI=1S/C12H20N2O/c1-2-3-4-5-8-12(15)14-9-6-7-11(14)10-13/h1,11H,3-10,13H2. The number of nitrogens with two attached hydrogens (primary N) is 1. The first-order chi connectivity index (χ1) is 7.29. The molecule has 3 heteroatoms. The summed E-state index contributed by atoms with van der Waals surface area (Å²) in [4.78, 5) is 13.7. The van der Waals surface area contributed by atoms with E-state index in [9.17, 15) is 4.79 Å². The SMILES string of the molecule is C#CCCCCC(=O)N1CCCC1CN. The van der Waals surface area contributed by atoms with Crippen LogP contribution in [0.25, 0.3) is 0 Å². The molecule has 2 N–H and O–H groups in total. The van der Waals surface area contributed by atoms with Gasteiger partial charge in [0.15, 0.2) is 0 Å². The molecule has 0 aromatic carbocycles. The van der Waals surface area contributed by atoms with Gasteiger partial charge in [-0.1, -0.05) is 0 Å². The van der Waals surface area contributed by atoms with Crippen LogP contribution >= 0.6 is 0 Å². The Labute approximate surface area is 92.0 Å². The van der Waals surface area contributed by atoms with Gasteiger partial charge in [0.25, 0.3) is 0 Å². The molecule has 84 valence electrons. The Kier molecular flexibility index (Phi) is 5.20. The molecule has 0 aliphatic carbocycles. The molecule has 1 rings (SSSR count). The van der Waals surface area contributed by atoms with Crippen LogP contribution in [0.2, 0.25) is 0 Å². The highest BCUT2D eigenvalue weighted by Crippen LogP contribution is 2.18. The summed E-state index contributed by atoms with van der Waals surface area (Å²) in [6.45, 7) is 1.48. The van der Waals surface area contributed by atoms with Gasteiger partial charge in [-0.05, 0) is 25.7 Å². The Bertz CT molecular complexity index is 244. The lowest BCUT2D eigenvalue weighted by Crippen LogP contribution is -2.39. The number of nitrogens with zero attached hydrogens (tertiary/aromatic N) is 1. The second-order valence-corrected chi connectivity index (χ2v) is 4.03. The van der Waals surface area contributed by atoms with E-state index in [1.807, 2.05) is 4.90 Å². The number of carbonyl (C=O) groups is 1. The van der Waals surface area contributed by atoms with Gasteiger partial charge in [-0.2, -0.15) is 0 Å². The van der Waals surface area contributed by atoms with E-state index in [0.717, 1.165) is 38.6 Å². The van der Waals surface area contributed by atoms with E-state index in [0.29, 0.717) is 13.0 Å². The van der Waals surface area contributed by atoms with Gasteiger partial charge in [-0.25, -0.2) is 0 Å². The average molecular weight is 208 g/mol. The first kappa shape index (κ1) is 12.1. The third kappa shape index (κ3) is 3.56. The zero-order valence-electron chi connectivity index (χ0n) is 9.24. The normalized spacial score (nSPS) is 20.3. The van der Waals surface area contributed by atoms with Crippen LogP contribution in [-0.4, -0.2) is 29.9 Å². The summed E-state index contributed by atoms with van der Waals surface area (Å²) in [5, 5.41) is 0. The zero-order chi connectivity index (χ0) is 11.1. The fraction of sp³-hybridized carbons (Fsp3) is 0.750. The highest BCUT2D eigenvalue weighted by Gasteiger charge is 2.26. The number of amides is 1. The first-order valence-corrected chi connectivity index (χ1v) is 5.72. The summed E-state index contributed by atoms with van der Waals surface area (Å²) >= 11 is 0.